The molecule has 9 nitrogen and oxygen atoms in total. The molecule has 30 heavy (non-hydrogen) atoms. The topological polar surface area (TPSA) is 85.9 Å². The summed E-state index contributed by atoms with van der Waals surface area (Å²) in [5, 5.41) is 11.7. The van der Waals surface area contributed by atoms with Crippen LogP contribution in [-0.4, -0.2) is 69.7 Å². The van der Waals surface area contributed by atoms with Crippen molar-refractivity contribution in [2.45, 2.75) is 18.4 Å². The summed E-state index contributed by atoms with van der Waals surface area (Å²) in [6.45, 7) is 2.16. The smallest absolute Gasteiger partial charge is 0.228 e. The molecule has 158 valence electrons. The van der Waals surface area contributed by atoms with Crippen molar-refractivity contribution in [3.05, 3.63) is 30.6 Å². The van der Waals surface area contributed by atoms with Crippen LogP contribution in [0.4, 0.5) is 5.82 Å². The lowest BCUT2D eigenvalue weighted by atomic mass is 9.96. The van der Waals surface area contributed by atoms with Gasteiger partial charge in [-0.15, -0.1) is 0 Å². The van der Waals surface area contributed by atoms with Crippen LogP contribution < -0.4 is 10.1 Å². The summed E-state index contributed by atoms with van der Waals surface area (Å²) in [5.74, 6) is 1.48. The number of pyridine rings is 1. The van der Waals surface area contributed by atoms with Gasteiger partial charge in [0.2, 0.25) is 5.91 Å². The first-order chi connectivity index (χ1) is 14.5. The van der Waals surface area contributed by atoms with Gasteiger partial charge in [-0.1, -0.05) is 0 Å². The second-order valence-electron chi connectivity index (χ2n) is 8.41. The number of nitrogens with one attached hydrogen (secondary N) is 1. The van der Waals surface area contributed by atoms with Gasteiger partial charge in [-0.25, -0.2) is 4.52 Å². The van der Waals surface area contributed by atoms with Crippen LogP contribution in [0.5, 0.6) is 5.75 Å². The third-order valence-electron chi connectivity index (χ3n) is 5.88. The highest BCUT2D eigenvalue weighted by Crippen LogP contribution is 2.33. The fraction of sp³-hybridized carbons (Fsp3) is 0.476. The van der Waals surface area contributed by atoms with Crippen LogP contribution in [0.3, 0.4) is 0 Å². The number of carbonyl (C=O) groups is 1. The summed E-state index contributed by atoms with van der Waals surface area (Å²) in [7, 11) is 5.69. The second kappa shape index (κ2) is 7.10. The Bertz CT molecular complexity index is 1090. The fourth-order valence-corrected chi connectivity index (χ4v) is 4.05. The standard InChI is InChI=1S/C21H26N6O3/c1-25-11-21(12-25,29-3)13-30-17-10-22-26(2)19(17)15-6-7-27-16(8-15)9-18(24-27)23-20(28)14-4-5-14/h6-10,14H,4-5,11-13H2,1-3H3,(H,23,24,28). The molecule has 1 saturated carbocycles. The molecule has 2 fully saturated rings. The van der Waals surface area contributed by atoms with Gasteiger partial charge in [0.15, 0.2) is 11.6 Å². The highest BCUT2D eigenvalue weighted by Gasteiger charge is 2.42. The molecule has 1 N–H and O–H groups in total. The number of hydrogen-bond donors (Lipinski definition) is 1. The zero-order chi connectivity index (χ0) is 20.9. The lowest BCUT2D eigenvalue weighted by Crippen LogP contribution is -2.64. The molecule has 0 radical (unpaired) electrons. The molecule has 3 aromatic heterocycles. The number of carbonyl (C=O) groups excluding carboxylic acids is 1. The fourth-order valence-electron chi connectivity index (χ4n) is 4.05. The SMILES string of the molecule is COC1(COc2cnn(C)c2-c2ccn3nc(NC(=O)C4CC4)cc3c2)CN(C)C1. The van der Waals surface area contributed by atoms with Crippen LogP contribution in [0.2, 0.25) is 0 Å². The van der Waals surface area contributed by atoms with Crippen LogP contribution in [0, 0.1) is 5.92 Å². The van der Waals surface area contributed by atoms with Crippen molar-refractivity contribution >= 4 is 17.2 Å². The normalized spacial score (nSPS) is 18.4. The van der Waals surface area contributed by atoms with E-state index in [1.165, 1.54) is 0 Å². The Kier molecular flexibility index (Phi) is 4.52. The zero-order valence-corrected chi connectivity index (χ0v) is 17.5. The molecule has 1 aliphatic heterocycles. The Morgan fingerprint density at radius 1 is 1.30 bits per heavy atom. The van der Waals surface area contributed by atoms with Crippen molar-refractivity contribution in [2.24, 2.45) is 13.0 Å². The van der Waals surface area contributed by atoms with E-state index in [4.69, 9.17) is 9.47 Å². The monoisotopic (exact) mass is 410 g/mol. The number of aromatic nitrogens is 4. The Morgan fingerprint density at radius 2 is 2.10 bits per heavy atom. The maximum Gasteiger partial charge on any atom is 0.228 e. The van der Waals surface area contributed by atoms with Crippen molar-refractivity contribution in [1.82, 2.24) is 24.3 Å². The second-order valence-corrected chi connectivity index (χ2v) is 8.41. The number of likely N-dealkylation sites (tertiary alicyclic amines) is 1. The molecule has 1 saturated heterocycles. The first-order valence-corrected chi connectivity index (χ1v) is 10.2. The summed E-state index contributed by atoms with van der Waals surface area (Å²) >= 11 is 0. The van der Waals surface area contributed by atoms with E-state index < -0.39 is 0 Å². The van der Waals surface area contributed by atoms with E-state index in [0.717, 1.165) is 48.5 Å². The molecule has 1 aliphatic carbocycles. The minimum atomic E-state index is -0.272. The van der Waals surface area contributed by atoms with Gasteiger partial charge in [0.25, 0.3) is 0 Å². The summed E-state index contributed by atoms with van der Waals surface area (Å²) in [5.41, 5.74) is 2.47. The molecule has 0 bridgehead atoms. The summed E-state index contributed by atoms with van der Waals surface area (Å²) < 4.78 is 15.4. The maximum absolute atomic E-state index is 12.0. The lowest BCUT2D eigenvalue weighted by molar-refractivity contribution is -0.134. The van der Waals surface area contributed by atoms with E-state index in [-0.39, 0.29) is 17.4 Å². The number of hydrogen-bond acceptors (Lipinski definition) is 6. The van der Waals surface area contributed by atoms with Gasteiger partial charge in [-0.05, 0) is 32.0 Å². The maximum atomic E-state index is 12.0. The number of nitrogens with zero attached hydrogens (tertiary/aromatic N) is 5. The number of ether oxygens (including phenoxy) is 2. The Labute approximate surface area is 174 Å². The van der Waals surface area contributed by atoms with Crippen LogP contribution in [-0.2, 0) is 16.6 Å². The molecule has 1 amide bonds. The van der Waals surface area contributed by atoms with E-state index in [0.29, 0.717) is 12.4 Å². The number of likely N-dealkylation sites (N-methyl/N-ethyl adjacent to an activating group) is 1. The predicted molar refractivity (Wildman–Crippen MR) is 111 cm³/mol. The summed E-state index contributed by atoms with van der Waals surface area (Å²) in [6, 6.07) is 5.87. The van der Waals surface area contributed by atoms with Crippen LogP contribution in [0.25, 0.3) is 16.8 Å². The average Bonchev–Trinajstić information content (AvgIpc) is 3.39. The Hall–Kier alpha value is -2.91. The number of fused-ring (bicyclic) bond motifs is 1. The van der Waals surface area contributed by atoms with Crippen molar-refractivity contribution < 1.29 is 14.3 Å². The molecule has 5 rings (SSSR count). The number of aryl methyl sites for hydroxylation is 1. The molecule has 9 heteroatoms. The molecule has 3 aromatic rings. The average molecular weight is 410 g/mol. The predicted octanol–water partition coefficient (Wildman–Crippen LogP) is 1.79. The molecule has 0 atom stereocenters. The molecule has 2 aliphatic rings. The van der Waals surface area contributed by atoms with E-state index in [9.17, 15) is 4.79 Å². The van der Waals surface area contributed by atoms with Crippen LogP contribution in [0.15, 0.2) is 30.6 Å². The van der Waals surface area contributed by atoms with Crippen molar-refractivity contribution in [3.8, 4) is 17.0 Å². The van der Waals surface area contributed by atoms with Crippen LogP contribution in [0.1, 0.15) is 12.8 Å². The van der Waals surface area contributed by atoms with E-state index in [1.807, 2.05) is 31.4 Å². The third kappa shape index (κ3) is 3.44. The van der Waals surface area contributed by atoms with Gasteiger partial charge < -0.3 is 19.7 Å². The molecular weight excluding hydrogens is 384 g/mol. The number of amides is 1. The highest BCUT2D eigenvalue weighted by molar-refractivity contribution is 5.93. The van der Waals surface area contributed by atoms with Crippen molar-refractivity contribution in [3.63, 3.8) is 0 Å². The van der Waals surface area contributed by atoms with Gasteiger partial charge in [0.05, 0.1) is 11.7 Å². The highest BCUT2D eigenvalue weighted by atomic mass is 16.5. The van der Waals surface area contributed by atoms with Crippen molar-refractivity contribution in [2.75, 3.05) is 39.2 Å². The van der Waals surface area contributed by atoms with Crippen molar-refractivity contribution in [1.29, 1.82) is 0 Å². The minimum Gasteiger partial charge on any atom is -0.486 e. The zero-order valence-electron chi connectivity index (χ0n) is 17.5. The van der Waals surface area contributed by atoms with Gasteiger partial charge in [-0.3, -0.25) is 9.48 Å². The van der Waals surface area contributed by atoms with Gasteiger partial charge in [0.1, 0.15) is 17.9 Å². The molecular formula is C21H26N6O3. The van der Waals surface area contributed by atoms with E-state index in [1.54, 1.807) is 22.5 Å². The van der Waals surface area contributed by atoms with Gasteiger partial charge in [-0.2, -0.15) is 10.2 Å². The number of methoxy groups -OCH3 is 1. The minimum absolute atomic E-state index is 0.0506. The third-order valence-corrected chi connectivity index (χ3v) is 5.88. The first kappa shape index (κ1) is 19.1. The van der Waals surface area contributed by atoms with E-state index >= 15 is 0 Å². The van der Waals surface area contributed by atoms with Gasteiger partial charge in [0, 0.05) is 51.0 Å². The number of anilines is 1. The Balaban J connectivity index is 1.38. The van der Waals surface area contributed by atoms with E-state index in [2.05, 4.69) is 27.5 Å². The quantitative estimate of drug-likeness (QED) is 0.639. The lowest BCUT2D eigenvalue weighted by Gasteiger charge is -2.46. The van der Waals surface area contributed by atoms with Crippen LogP contribution >= 0.6 is 0 Å². The summed E-state index contributed by atoms with van der Waals surface area (Å²) in [4.78, 5) is 14.2. The van der Waals surface area contributed by atoms with Gasteiger partial charge >= 0.3 is 0 Å². The molecule has 4 heterocycles. The largest absolute Gasteiger partial charge is 0.486 e. The Morgan fingerprint density at radius 3 is 2.80 bits per heavy atom. The molecule has 0 aromatic carbocycles. The summed E-state index contributed by atoms with van der Waals surface area (Å²) in [6.07, 6.45) is 5.55. The molecule has 0 unspecified atom stereocenters. The number of rotatable bonds is 7. The molecule has 0 spiro atoms. The first-order valence-electron chi connectivity index (χ1n) is 10.2.